The summed E-state index contributed by atoms with van der Waals surface area (Å²) in [4.78, 5) is 22.7. The second-order valence-electron chi connectivity index (χ2n) is 4.22. The second-order valence-corrected chi connectivity index (χ2v) is 4.22. The number of carbonyl (C=O) groups excluding carboxylic acids is 1. The van der Waals surface area contributed by atoms with Crippen molar-refractivity contribution in [3.8, 4) is 12.3 Å². The third-order valence-electron chi connectivity index (χ3n) is 3.26. The van der Waals surface area contributed by atoms with E-state index in [9.17, 15) is 9.59 Å². The maximum atomic E-state index is 11.7. The summed E-state index contributed by atoms with van der Waals surface area (Å²) in [7, 11) is 0. The number of carbonyl (C=O) groups is 2. The first kappa shape index (κ1) is 12.6. The number of terminal acetylenes is 1. The zero-order valence-electron chi connectivity index (χ0n) is 9.40. The zero-order chi connectivity index (χ0) is 12.1. The molecule has 0 radical (unpaired) electrons. The molecular formula is C12H17NO3. The predicted octanol–water partition coefficient (Wildman–Crippen LogP) is 0.873. The zero-order valence-corrected chi connectivity index (χ0v) is 9.40. The lowest BCUT2D eigenvalue weighted by molar-refractivity contribution is -0.146. The Morgan fingerprint density at radius 3 is 2.56 bits per heavy atom. The Kier molecular flexibility index (Phi) is 4.36. The van der Waals surface area contributed by atoms with E-state index in [1.807, 2.05) is 6.92 Å². The van der Waals surface area contributed by atoms with Crippen molar-refractivity contribution < 1.29 is 14.7 Å². The van der Waals surface area contributed by atoms with Crippen LogP contribution in [0.1, 0.15) is 26.2 Å². The van der Waals surface area contributed by atoms with E-state index in [0.29, 0.717) is 18.8 Å². The molecule has 1 saturated carbocycles. The first-order valence-electron chi connectivity index (χ1n) is 5.54. The lowest BCUT2D eigenvalue weighted by Crippen LogP contribution is -2.35. The largest absolute Gasteiger partial charge is 0.481 e. The average molecular weight is 223 g/mol. The summed E-state index contributed by atoms with van der Waals surface area (Å²) in [5.41, 5.74) is 0. The Hall–Kier alpha value is -1.50. The number of hydrogen-bond donors (Lipinski definition) is 2. The molecule has 0 aliphatic heterocycles. The van der Waals surface area contributed by atoms with E-state index >= 15 is 0 Å². The molecule has 4 heteroatoms. The molecular weight excluding hydrogens is 206 g/mol. The first-order valence-corrected chi connectivity index (χ1v) is 5.54. The molecule has 0 spiro atoms. The van der Waals surface area contributed by atoms with Crippen LogP contribution in [0.15, 0.2) is 0 Å². The van der Waals surface area contributed by atoms with Crippen LogP contribution < -0.4 is 5.32 Å². The molecule has 1 fully saturated rings. The molecule has 1 amide bonds. The summed E-state index contributed by atoms with van der Waals surface area (Å²) in [5.74, 6) is 0.575. The van der Waals surface area contributed by atoms with Crippen molar-refractivity contribution in [3.05, 3.63) is 0 Å². The van der Waals surface area contributed by atoms with E-state index in [-0.39, 0.29) is 12.5 Å². The van der Waals surface area contributed by atoms with Crippen molar-refractivity contribution >= 4 is 11.9 Å². The fourth-order valence-corrected chi connectivity index (χ4v) is 2.31. The highest BCUT2D eigenvalue weighted by Crippen LogP contribution is 2.38. The van der Waals surface area contributed by atoms with Crippen LogP contribution in [0.25, 0.3) is 0 Å². The summed E-state index contributed by atoms with van der Waals surface area (Å²) in [6, 6.07) is 0. The van der Waals surface area contributed by atoms with Gasteiger partial charge in [0.2, 0.25) is 5.91 Å². The minimum Gasteiger partial charge on any atom is -0.481 e. The normalized spacial score (nSPS) is 28.4. The molecule has 1 aliphatic rings. The Labute approximate surface area is 95.4 Å². The van der Waals surface area contributed by atoms with E-state index in [1.54, 1.807) is 0 Å². The second kappa shape index (κ2) is 5.55. The SMILES string of the molecule is C#CCNC(=O)[C@H]1CC(CC)C[C@H]1C(=O)O. The van der Waals surface area contributed by atoms with Gasteiger partial charge in [0.25, 0.3) is 0 Å². The van der Waals surface area contributed by atoms with Gasteiger partial charge in [0.1, 0.15) is 0 Å². The van der Waals surface area contributed by atoms with E-state index in [1.165, 1.54) is 0 Å². The molecule has 4 nitrogen and oxygen atoms in total. The van der Waals surface area contributed by atoms with Crippen LogP contribution in [0.2, 0.25) is 0 Å². The molecule has 0 saturated heterocycles. The van der Waals surface area contributed by atoms with Crippen LogP contribution in [-0.2, 0) is 9.59 Å². The fraction of sp³-hybridized carbons (Fsp3) is 0.667. The van der Waals surface area contributed by atoms with Gasteiger partial charge in [-0.05, 0) is 18.8 Å². The Bertz CT molecular complexity index is 319. The maximum Gasteiger partial charge on any atom is 0.307 e. The van der Waals surface area contributed by atoms with Crippen molar-refractivity contribution in [1.29, 1.82) is 0 Å². The molecule has 3 atom stereocenters. The highest BCUT2D eigenvalue weighted by molar-refractivity contribution is 5.85. The van der Waals surface area contributed by atoms with Gasteiger partial charge < -0.3 is 10.4 Å². The van der Waals surface area contributed by atoms with E-state index in [4.69, 9.17) is 11.5 Å². The van der Waals surface area contributed by atoms with Gasteiger partial charge in [-0.2, -0.15) is 0 Å². The topological polar surface area (TPSA) is 66.4 Å². The molecule has 0 heterocycles. The molecule has 88 valence electrons. The minimum atomic E-state index is -0.878. The van der Waals surface area contributed by atoms with E-state index < -0.39 is 17.8 Å². The van der Waals surface area contributed by atoms with Crippen LogP contribution in [0, 0.1) is 30.1 Å². The number of amides is 1. The van der Waals surface area contributed by atoms with Crippen molar-refractivity contribution in [2.24, 2.45) is 17.8 Å². The van der Waals surface area contributed by atoms with Crippen LogP contribution in [0.5, 0.6) is 0 Å². The molecule has 1 aliphatic carbocycles. The van der Waals surface area contributed by atoms with Crippen LogP contribution in [-0.4, -0.2) is 23.5 Å². The smallest absolute Gasteiger partial charge is 0.307 e. The summed E-state index contributed by atoms with van der Waals surface area (Å²) in [5, 5.41) is 11.6. The number of carboxylic acid groups (broad SMARTS) is 1. The molecule has 16 heavy (non-hydrogen) atoms. The minimum absolute atomic E-state index is 0.165. The third kappa shape index (κ3) is 2.75. The quantitative estimate of drug-likeness (QED) is 0.695. The predicted molar refractivity (Wildman–Crippen MR) is 59.5 cm³/mol. The van der Waals surface area contributed by atoms with Crippen molar-refractivity contribution in [1.82, 2.24) is 5.32 Å². The van der Waals surface area contributed by atoms with Gasteiger partial charge in [-0.25, -0.2) is 0 Å². The molecule has 2 N–H and O–H groups in total. The van der Waals surface area contributed by atoms with Crippen LogP contribution >= 0.6 is 0 Å². The summed E-state index contributed by atoms with van der Waals surface area (Å²) >= 11 is 0. The van der Waals surface area contributed by atoms with Crippen molar-refractivity contribution in [3.63, 3.8) is 0 Å². The summed E-state index contributed by atoms with van der Waals surface area (Å²) in [6.07, 6.45) is 7.22. The summed E-state index contributed by atoms with van der Waals surface area (Å²) in [6.45, 7) is 2.18. The Morgan fingerprint density at radius 2 is 2.06 bits per heavy atom. The van der Waals surface area contributed by atoms with E-state index in [2.05, 4.69) is 11.2 Å². The highest BCUT2D eigenvalue weighted by Gasteiger charge is 2.41. The van der Waals surface area contributed by atoms with Gasteiger partial charge in [-0.3, -0.25) is 9.59 Å². The van der Waals surface area contributed by atoms with Gasteiger partial charge in [0.05, 0.1) is 18.4 Å². The number of nitrogens with one attached hydrogen (secondary N) is 1. The Balaban J connectivity index is 2.66. The number of rotatable bonds is 4. The highest BCUT2D eigenvalue weighted by atomic mass is 16.4. The van der Waals surface area contributed by atoms with Gasteiger partial charge in [0, 0.05) is 0 Å². The number of aliphatic carboxylic acids is 1. The molecule has 0 aromatic heterocycles. The molecule has 1 unspecified atom stereocenters. The maximum absolute atomic E-state index is 11.7. The monoisotopic (exact) mass is 223 g/mol. The number of hydrogen-bond acceptors (Lipinski definition) is 2. The lowest BCUT2D eigenvalue weighted by atomic mass is 9.95. The Morgan fingerprint density at radius 1 is 1.44 bits per heavy atom. The average Bonchev–Trinajstić information content (AvgIpc) is 2.70. The fourth-order valence-electron chi connectivity index (χ4n) is 2.31. The molecule has 0 aromatic rings. The third-order valence-corrected chi connectivity index (χ3v) is 3.26. The van der Waals surface area contributed by atoms with Gasteiger partial charge in [-0.1, -0.05) is 19.3 Å². The van der Waals surface area contributed by atoms with Crippen molar-refractivity contribution in [2.75, 3.05) is 6.54 Å². The van der Waals surface area contributed by atoms with Crippen LogP contribution in [0.3, 0.4) is 0 Å². The van der Waals surface area contributed by atoms with E-state index in [0.717, 1.165) is 6.42 Å². The molecule has 1 rings (SSSR count). The van der Waals surface area contributed by atoms with Gasteiger partial charge >= 0.3 is 5.97 Å². The molecule has 0 aromatic carbocycles. The lowest BCUT2D eigenvalue weighted by Gasteiger charge is -2.14. The standard InChI is InChI=1S/C12H17NO3/c1-3-5-13-11(14)9-6-8(4-2)7-10(9)12(15)16/h1,8-10H,4-7H2,2H3,(H,13,14)(H,15,16)/t8?,9-,10+/m0/s1. The number of carboxylic acids is 1. The summed E-state index contributed by atoms with van der Waals surface area (Å²) < 4.78 is 0. The molecule has 0 bridgehead atoms. The van der Waals surface area contributed by atoms with Gasteiger partial charge in [-0.15, -0.1) is 6.42 Å². The van der Waals surface area contributed by atoms with Gasteiger partial charge in [0.15, 0.2) is 0 Å². The first-order chi connectivity index (χ1) is 7.60. The van der Waals surface area contributed by atoms with Crippen LogP contribution in [0.4, 0.5) is 0 Å². The van der Waals surface area contributed by atoms with Crippen molar-refractivity contribution in [2.45, 2.75) is 26.2 Å².